The van der Waals surface area contributed by atoms with Gasteiger partial charge in [-0.3, -0.25) is 19.2 Å². The molecule has 2 aromatic rings. The molecule has 0 unspecified atom stereocenters. The van der Waals surface area contributed by atoms with Crippen molar-refractivity contribution in [3.8, 4) is 0 Å². The lowest BCUT2D eigenvalue weighted by molar-refractivity contribution is -0.117. The molecule has 2 aromatic carbocycles. The van der Waals surface area contributed by atoms with Gasteiger partial charge in [-0.2, -0.15) is 0 Å². The van der Waals surface area contributed by atoms with Crippen LogP contribution in [0.25, 0.3) is 0 Å². The third kappa shape index (κ3) is 9.25. The molecule has 0 saturated heterocycles. The van der Waals surface area contributed by atoms with Crippen LogP contribution in [0, 0.1) is 0 Å². The minimum Gasteiger partial charge on any atom is -0.326 e. The van der Waals surface area contributed by atoms with Crippen LogP contribution in [0.4, 0.5) is 11.4 Å². The van der Waals surface area contributed by atoms with Crippen molar-refractivity contribution in [1.82, 2.24) is 0 Å². The Bertz CT molecular complexity index is 875. The monoisotopic (exact) mass is 436 g/mol. The van der Waals surface area contributed by atoms with E-state index in [0.717, 1.165) is 38.5 Å². The summed E-state index contributed by atoms with van der Waals surface area (Å²) in [7, 11) is 0. The highest BCUT2D eigenvalue weighted by Crippen LogP contribution is 2.15. The number of carbonyl (C=O) groups excluding carboxylic acids is 4. The molecule has 0 saturated carbocycles. The van der Waals surface area contributed by atoms with E-state index in [1.54, 1.807) is 48.5 Å². The van der Waals surface area contributed by atoms with E-state index in [9.17, 15) is 19.2 Å². The van der Waals surface area contributed by atoms with Crippen LogP contribution < -0.4 is 10.6 Å². The molecule has 2 N–H and O–H groups in total. The summed E-state index contributed by atoms with van der Waals surface area (Å²) < 4.78 is 0. The van der Waals surface area contributed by atoms with Crippen LogP contribution >= 0.6 is 0 Å². The van der Waals surface area contributed by atoms with Gasteiger partial charge in [0.15, 0.2) is 11.6 Å². The fourth-order valence-electron chi connectivity index (χ4n) is 3.36. The predicted octanol–water partition coefficient (Wildman–Crippen LogP) is 5.79. The molecule has 6 heteroatoms. The van der Waals surface area contributed by atoms with E-state index < -0.39 is 0 Å². The van der Waals surface area contributed by atoms with E-state index in [0.29, 0.717) is 35.3 Å². The van der Waals surface area contributed by atoms with Crippen molar-refractivity contribution < 1.29 is 19.2 Å². The molecular formula is C26H32N2O4. The van der Waals surface area contributed by atoms with Gasteiger partial charge in [0.1, 0.15) is 0 Å². The second-order valence-electron chi connectivity index (χ2n) is 7.99. The number of ketones is 2. The molecule has 0 aliphatic carbocycles. The minimum atomic E-state index is -0.0452. The SMILES string of the molecule is CC(=O)c1cccc(NC(=O)CCCCCCCCC(=O)Nc2cccc(C(C)=O)c2)c1. The van der Waals surface area contributed by atoms with Gasteiger partial charge in [-0.05, 0) is 51.0 Å². The first-order chi connectivity index (χ1) is 15.3. The first-order valence-electron chi connectivity index (χ1n) is 11.2. The second kappa shape index (κ2) is 13.2. The average Bonchev–Trinajstić information content (AvgIpc) is 2.75. The number of rotatable bonds is 13. The molecule has 0 radical (unpaired) electrons. The third-order valence-electron chi connectivity index (χ3n) is 5.16. The summed E-state index contributed by atoms with van der Waals surface area (Å²) >= 11 is 0. The van der Waals surface area contributed by atoms with E-state index >= 15 is 0 Å². The number of hydrogen-bond donors (Lipinski definition) is 2. The Balaban J connectivity index is 1.53. The summed E-state index contributed by atoms with van der Waals surface area (Å²) in [5, 5.41) is 5.67. The van der Waals surface area contributed by atoms with Gasteiger partial charge in [0.05, 0.1) is 0 Å². The zero-order valence-electron chi connectivity index (χ0n) is 18.9. The molecule has 0 fully saturated rings. The summed E-state index contributed by atoms with van der Waals surface area (Å²) in [4.78, 5) is 46.9. The number of hydrogen-bond acceptors (Lipinski definition) is 4. The van der Waals surface area contributed by atoms with Gasteiger partial charge in [0, 0.05) is 35.3 Å². The van der Waals surface area contributed by atoms with Gasteiger partial charge in [0.2, 0.25) is 11.8 Å². The van der Waals surface area contributed by atoms with Gasteiger partial charge in [0.25, 0.3) is 0 Å². The molecule has 32 heavy (non-hydrogen) atoms. The Kier molecular flexibility index (Phi) is 10.3. The first kappa shape index (κ1) is 25.0. The maximum absolute atomic E-state index is 12.1. The van der Waals surface area contributed by atoms with Gasteiger partial charge >= 0.3 is 0 Å². The Labute approximate surface area is 189 Å². The lowest BCUT2D eigenvalue weighted by Crippen LogP contribution is -2.11. The van der Waals surface area contributed by atoms with Crippen LogP contribution in [0.3, 0.4) is 0 Å². The third-order valence-corrected chi connectivity index (χ3v) is 5.16. The van der Waals surface area contributed by atoms with E-state index in [4.69, 9.17) is 0 Å². The molecule has 0 aromatic heterocycles. The smallest absolute Gasteiger partial charge is 0.224 e. The first-order valence-corrected chi connectivity index (χ1v) is 11.2. The average molecular weight is 437 g/mol. The van der Waals surface area contributed by atoms with E-state index in [2.05, 4.69) is 10.6 Å². The molecule has 0 atom stereocenters. The van der Waals surface area contributed by atoms with Crippen molar-refractivity contribution in [1.29, 1.82) is 0 Å². The molecule has 6 nitrogen and oxygen atoms in total. The van der Waals surface area contributed by atoms with E-state index in [1.165, 1.54) is 13.8 Å². The molecule has 0 aliphatic heterocycles. The van der Waals surface area contributed by atoms with Crippen LogP contribution in [0.15, 0.2) is 48.5 Å². The van der Waals surface area contributed by atoms with E-state index in [1.807, 2.05) is 0 Å². The minimum absolute atomic E-state index is 0.0271. The van der Waals surface area contributed by atoms with Crippen molar-refractivity contribution >= 4 is 34.8 Å². The standard InChI is InChI=1S/C26H32N2O4/c1-19(29)21-11-9-13-23(17-21)27-25(31)15-7-5-3-4-6-8-16-26(32)28-24-14-10-12-22(18-24)20(2)30/h9-14,17-18H,3-8,15-16H2,1-2H3,(H,27,31)(H,28,32). The fourth-order valence-corrected chi connectivity index (χ4v) is 3.36. The number of amides is 2. The lowest BCUT2D eigenvalue weighted by Gasteiger charge is -2.07. The fraction of sp³-hybridized carbons (Fsp3) is 0.385. The van der Waals surface area contributed by atoms with Gasteiger partial charge in [-0.25, -0.2) is 0 Å². The molecular weight excluding hydrogens is 404 g/mol. The number of nitrogens with one attached hydrogen (secondary N) is 2. The van der Waals surface area contributed by atoms with Crippen molar-refractivity contribution in [2.75, 3.05) is 10.6 Å². The van der Waals surface area contributed by atoms with Gasteiger partial charge in [-0.15, -0.1) is 0 Å². The summed E-state index contributed by atoms with van der Waals surface area (Å²) in [5.74, 6) is -0.144. The van der Waals surface area contributed by atoms with Gasteiger partial charge in [-0.1, -0.05) is 49.9 Å². The number of carbonyl (C=O) groups is 4. The zero-order valence-corrected chi connectivity index (χ0v) is 18.9. The Morgan fingerprint density at radius 2 is 0.969 bits per heavy atom. The summed E-state index contributed by atoms with van der Waals surface area (Å²) in [6, 6.07) is 13.9. The van der Waals surface area contributed by atoms with Crippen LogP contribution in [0.5, 0.6) is 0 Å². The summed E-state index contributed by atoms with van der Waals surface area (Å²) in [6.07, 6.45) is 6.50. The highest BCUT2D eigenvalue weighted by atomic mass is 16.2. The quantitative estimate of drug-likeness (QED) is 0.307. The highest BCUT2D eigenvalue weighted by Gasteiger charge is 2.06. The maximum Gasteiger partial charge on any atom is 0.224 e. The molecule has 0 heterocycles. The number of unbranched alkanes of at least 4 members (excludes halogenated alkanes) is 5. The van der Waals surface area contributed by atoms with Crippen molar-refractivity contribution in [2.24, 2.45) is 0 Å². The molecule has 2 rings (SSSR count). The van der Waals surface area contributed by atoms with Crippen LogP contribution in [-0.4, -0.2) is 23.4 Å². The van der Waals surface area contributed by atoms with Crippen LogP contribution in [0.2, 0.25) is 0 Å². The normalized spacial score (nSPS) is 10.4. The number of benzene rings is 2. The number of anilines is 2. The molecule has 0 spiro atoms. The number of Topliss-reactive ketones (excluding diaryl/α,β-unsaturated/α-hetero) is 2. The molecule has 0 bridgehead atoms. The van der Waals surface area contributed by atoms with Gasteiger partial charge < -0.3 is 10.6 Å². The largest absolute Gasteiger partial charge is 0.326 e. The Hall–Kier alpha value is -3.28. The molecule has 0 aliphatic rings. The van der Waals surface area contributed by atoms with Crippen LogP contribution in [0.1, 0.15) is 85.9 Å². The second-order valence-corrected chi connectivity index (χ2v) is 7.99. The topological polar surface area (TPSA) is 92.3 Å². The van der Waals surface area contributed by atoms with E-state index in [-0.39, 0.29) is 23.4 Å². The molecule has 170 valence electrons. The Morgan fingerprint density at radius 1 is 0.594 bits per heavy atom. The summed E-state index contributed by atoms with van der Waals surface area (Å²) in [6.45, 7) is 3.00. The predicted molar refractivity (Wildman–Crippen MR) is 127 cm³/mol. The van der Waals surface area contributed by atoms with Crippen molar-refractivity contribution in [2.45, 2.75) is 65.2 Å². The summed E-state index contributed by atoms with van der Waals surface area (Å²) in [5.41, 5.74) is 2.46. The molecule has 2 amide bonds. The highest BCUT2D eigenvalue weighted by molar-refractivity contribution is 5.97. The Morgan fingerprint density at radius 3 is 1.34 bits per heavy atom. The maximum atomic E-state index is 12.1. The van der Waals surface area contributed by atoms with Crippen molar-refractivity contribution in [3.63, 3.8) is 0 Å². The van der Waals surface area contributed by atoms with Crippen molar-refractivity contribution in [3.05, 3.63) is 59.7 Å². The van der Waals surface area contributed by atoms with Crippen LogP contribution in [-0.2, 0) is 9.59 Å². The lowest BCUT2D eigenvalue weighted by atomic mass is 10.1. The zero-order chi connectivity index (χ0) is 23.3.